The molecule has 96 valence electrons. The third-order valence-electron chi connectivity index (χ3n) is 2.31. The molecule has 0 saturated heterocycles. The van der Waals surface area contributed by atoms with Crippen LogP contribution in [0, 0.1) is 0 Å². The van der Waals surface area contributed by atoms with E-state index in [1.54, 1.807) is 7.05 Å². The molecule has 0 fully saturated rings. The van der Waals surface area contributed by atoms with Crippen molar-refractivity contribution < 1.29 is 13.2 Å². The Bertz CT molecular complexity index is 534. The van der Waals surface area contributed by atoms with Crippen molar-refractivity contribution in [1.29, 1.82) is 0 Å². The van der Waals surface area contributed by atoms with Crippen LogP contribution in [-0.2, 0) is 12.7 Å². The highest BCUT2D eigenvalue weighted by Crippen LogP contribution is 2.33. The van der Waals surface area contributed by atoms with Gasteiger partial charge in [0.2, 0.25) is 0 Å². The molecule has 0 spiro atoms. The van der Waals surface area contributed by atoms with Crippen molar-refractivity contribution in [3.8, 4) is 5.69 Å². The van der Waals surface area contributed by atoms with E-state index >= 15 is 0 Å². The summed E-state index contributed by atoms with van der Waals surface area (Å²) in [5.41, 5.74) is -0.852. The maximum atomic E-state index is 12.9. The monoisotopic (exact) mass is 257 g/mol. The fourth-order valence-electron chi connectivity index (χ4n) is 1.56. The van der Waals surface area contributed by atoms with E-state index in [1.807, 2.05) is 0 Å². The van der Waals surface area contributed by atoms with Gasteiger partial charge in [0.25, 0.3) is 0 Å². The summed E-state index contributed by atoms with van der Waals surface area (Å²) >= 11 is 0. The second-order valence-electron chi connectivity index (χ2n) is 3.55. The summed E-state index contributed by atoms with van der Waals surface area (Å²) in [5.74, 6) is 0.314. The van der Waals surface area contributed by atoms with Crippen LogP contribution in [0.2, 0.25) is 0 Å². The van der Waals surface area contributed by atoms with Crippen molar-refractivity contribution in [1.82, 2.24) is 25.5 Å². The van der Waals surface area contributed by atoms with Gasteiger partial charge in [0.15, 0.2) is 5.82 Å². The zero-order chi connectivity index (χ0) is 13.2. The molecule has 5 nitrogen and oxygen atoms in total. The number of nitrogens with zero attached hydrogens (tertiary/aromatic N) is 4. The predicted molar refractivity (Wildman–Crippen MR) is 56.9 cm³/mol. The van der Waals surface area contributed by atoms with E-state index < -0.39 is 11.7 Å². The maximum Gasteiger partial charge on any atom is 0.418 e. The first-order valence-corrected chi connectivity index (χ1v) is 5.12. The molecule has 0 atom stereocenters. The van der Waals surface area contributed by atoms with E-state index in [1.165, 1.54) is 18.2 Å². The average Bonchev–Trinajstić information content (AvgIpc) is 2.77. The maximum absolute atomic E-state index is 12.9. The molecule has 1 heterocycles. The summed E-state index contributed by atoms with van der Waals surface area (Å²) in [5, 5.41) is 13.5. The van der Waals surface area contributed by atoms with Gasteiger partial charge in [-0.15, -0.1) is 5.10 Å². The van der Waals surface area contributed by atoms with Crippen molar-refractivity contribution in [2.75, 3.05) is 7.05 Å². The summed E-state index contributed by atoms with van der Waals surface area (Å²) in [4.78, 5) is 0. The van der Waals surface area contributed by atoms with Crippen molar-refractivity contribution in [2.45, 2.75) is 12.7 Å². The molecule has 0 amide bonds. The summed E-state index contributed by atoms with van der Waals surface area (Å²) in [6, 6.07) is 5.17. The lowest BCUT2D eigenvalue weighted by Crippen LogP contribution is -2.16. The quantitative estimate of drug-likeness (QED) is 0.903. The third kappa shape index (κ3) is 2.33. The summed E-state index contributed by atoms with van der Waals surface area (Å²) in [6.07, 6.45) is -4.44. The van der Waals surface area contributed by atoms with E-state index in [0.29, 0.717) is 5.82 Å². The second kappa shape index (κ2) is 4.73. The van der Waals surface area contributed by atoms with Crippen LogP contribution in [0.1, 0.15) is 11.4 Å². The second-order valence-corrected chi connectivity index (χ2v) is 3.55. The zero-order valence-electron chi connectivity index (χ0n) is 9.44. The van der Waals surface area contributed by atoms with E-state index in [9.17, 15) is 13.2 Å². The van der Waals surface area contributed by atoms with Crippen LogP contribution in [0.5, 0.6) is 0 Å². The molecule has 0 aliphatic carbocycles. The highest BCUT2D eigenvalue weighted by molar-refractivity contribution is 5.42. The van der Waals surface area contributed by atoms with E-state index in [2.05, 4.69) is 20.8 Å². The number of hydrogen-bond donors (Lipinski definition) is 1. The van der Waals surface area contributed by atoms with Gasteiger partial charge in [0.05, 0.1) is 17.8 Å². The molecule has 1 aromatic heterocycles. The van der Waals surface area contributed by atoms with Crippen LogP contribution in [0.3, 0.4) is 0 Å². The van der Waals surface area contributed by atoms with E-state index in [0.717, 1.165) is 10.7 Å². The van der Waals surface area contributed by atoms with Gasteiger partial charge in [-0.05, 0) is 29.6 Å². The minimum Gasteiger partial charge on any atom is -0.313 e. The Kier molecular flexibility index (Phi) is 3.28. The molecule has 0 radical (unpaired) electrons. The minimum atomic E-state index is -4.44. The Morgan fingerprint density at radius 3 is 2.67 bits per heavy atom. The van der Waals surface area contributed by atoms with Crippen LogP contribution in [0.15, 0.2) is 24.3 Å². The fourth-order valence-corrected chi connectivity index (χ4v) is 1.56. The molecule has 1 N–H and O–H groups in total. The lowest BCUT2D eigenvalue weighted by atomic mass is 10.1. The number of para-hydroxylation sites is 1. The van der Waals surface area contributed by atoms with Gasteiger partial charge in [-0.3, -0.25) is 0 Å². The van der Waals surface area contributed by atoms with Crippen LogP contribution >= 0.6 is 0 Å². The van der Waals surface area contributed by atoms with Crippen molar-refractivity contribution in [3.63, 3.8) is 0 Å². The van der Waals surface area contributed by atoms with Crippen LogP contribution in [-0.4, -0.2) is 27.3 Å². The van der Waals surface area contributed by atoms with Crippen LogP contribution in [0.4, 0.5) is 13.2 Å². The molecule has 8 heteroatoms. The Morgan fingerprint density at radius 2 is 2.00 bits per heavy atom. The van der Waals surface area contributed by atoms with Gasteiger partial charge >= 0.3 is 6.18 Å². The van der Waals surface area contributed by atoms with Crippen molar-refractivity contribution in [2.24, 2.45) is 0 Å². The van der Waals surface area contributed by atoms with Gasteiger partial charge in [0.1, 0.15) is 0 Å². The van der Waals surface area contributed by atoms with E-state index in [-0.39, 0.29) is 12.2 Å². The smallest absolute Gasteiger partial charge is 0.313 e. The number of halogens is 3. The Balaban J connectivity index is 2.54. The van der Waals surface area contributed by atoms with Crippen molar-refractivity contribution >= 4 is 0 Å². The van der Waals surface area contributed by atoms with Gasteiger partial charge in [-0.25, -0.2) is 0 Å². The number of benzene rings is 1. The molecular formula is C10H10F3N5. The Labute approximate surface area is 101 Å². The first kappa shape index (κ1) is 12.5. The summed E-state index contributed by atoms with van der Waals surface area (Å²) in [6.45, 7) is 0.277. The van der Waals surface area contributed by atoms with Gasteiger partial charge in [0, 0.05) is 0 Å². The largest absolute Gasteiger partial charge is 0.418 e. The molecule has 0 aliphatic rings. The SMILES string of the molecule is CNCc1nnnn1-c1ccccc1C(F)(F)F. The van der Waals surface area contributed by atoms with Gasteiger partial charge < -0.3 is 5.32 Å². The number of rotatable bonds is 3. The summed E-state index contributed by atoms with van der Waals surface area (Å²) < 4.78 is 39.7. The average molecular weight is 257 g/mol. The van der Waals surface area contributed by atoms with E-state index in [4.69, 9.17) is 0 Å². The lowest BCUT2D eigenvalue weighted by Gasteiger charge is -2.12. The third-order valence-corrected chi connectivity index (χ3v) is 2.31. The molecule has 1 aromatic carbocycles. The normalized spacial score (nSPS) is 11.8. The molecule has 18 heavy (non-hydrogen) atoms. The topological polar surface area (TPSA) is 55.6 Å². The van der Waals surface area contributed by atoms with Crippen LogP contribution in [0.25, 0.3) is 5.69 Å². The Hall–Kier alpha value is -1.96. The molecule has 0 aliphatic heterocycles. The first-order chi connectivity index (χ1) is 8.54. The first-order valence-electron chi connectivity index (χ1n) is 5.12. The zero-order valence-corrected chi connectivity index (χ0v) is 9.44. The minimum absolute atomic E-state index is 0.0831. The molecule has 2 aromatic rings. The highest BCUT2D eigenvalue weighted by Gasteiger charge is 2.34. The molecular weight excluding hydrogens is 247 g/mol. The molecule has 2 rings (SSSR count). The predicted octanol–water partition coefficient (Wildman–Crippen LogP) is 1.40. The highest BCUT2D eigenvalue weighted by atomic mass is 19.4. The fraction of sp³-hybridized carbons (Fsp3) is 0.300. The Morgan fingerprint density at radius 1 is 1.28 bits per heavy atom. The number of aromatic nitrogens is 4. The lowest BCUT2D eigenvalue weighted by molar-refractivity contribution is -0.137. The van der Waals surface area contributed by atoms with Gasteiger partial charge in [-0.1, -0.05) is 12.1 Å². The number of nitrogens with one attached hydrogen (secondary N) is 1. The number of tetrazole rings is 1. The standard InChI is InChI=1S/C10H10F3N5/c1-14-6-9-15-16-17-18(9)8-5-3-2-4-7(8)10(11,12)13/h2-5,14H,6H2,1H3. The van der Waals surface area contributed by atoms with Gasteiger partial charge in [-0.2, -0.15) is 17.9 Å². The van der Waals surface area contributed by atoms with Crippen LogP contribution < -0.4 is 5.32 Å². The van der Waals surface area contributed by atoms with Crippen molar-refractivity contribution in [3.05, 3.63) is 35.7 Å². The molecule has 0 saturated carbocycles. The number of hydrogen-bond acceptors (Lipinski definition) is 4. The summed E-state index contributed by atoms with van der Waals surface area (Å²) in [7, 11) is 1.66. The molecule has 0 bridgehead atoms. The number of alkyl halides is 3. The molecule has 0 unspecified atom stereocenters.